The summed E-state index contributed by atoms with van der Waals surface area (Å²) >= 11 is 0. The van der Waals surface area contributed by atoms with E-state index < -0.39 is 0 Å². The largest absolute Gasteiger partial charge is 0.466 e. The Bertz CT molecular complexity index is 285. The first-order valence-electron chi connectivity index (χ1n) is 6.99. The van der Waals surface area contributed by atoms with Gasteiger partial charge in [0.05, 0.1) is 13.0 Å². The van der Waals surface area contributed by atoms with Gasteiger partial charge in [-0.2, -0.15) is 0 Å². The molecule has 0 N–H and O–H groups in total. The molecule has 0 radical (unpaired) electrons. The number of rotatable bonds is 7. The number of amides is 1. The fraction of sp³-hybridized carbons (Fsp3) is 0.857. The van der Waals surface area contributed by atoms with Crippen LogP contribution in [0.1, 0.15) is 46.5 Å². The summed E-state index contributed by atoms with van der Waals surface area (Å²) in [4.78, 5) is 25.4. The molecular weight excluding hydrogens is 230 g/mol. The lowest BCUT2D eigenvalue weighted by Gasteiger charge is -2.32. The predicted molar refractivity (Wildman–Crippen MR) is 70.0 cm³/mol. The zero-order valence-electron chi connectivity index (χ0n) is 11.8. The van der Waals surface area contributed by atoms with Crippen LogP contribution in [0.25, 0.3) is 0 Å². The van der Waals surface area contributed by atoms with Crippen LogP contribution in [0.5, 0.6) is 0 Å². The maximum absolute atomic E-state index is 12.2. The standard InChI is InChI=1S/C14H25NO3/c1-4-18-13(16)8-9-15(10-11(2)3)14(17)12-6-5-7-12/h11-12H,4-10H2,1-3H3. The van der Waals surface area contributed by atoms with Gasteiger partial charge in [0.2, 0.25) is 5.91 Å². The van der Waals surface area contributed by atoms with Gasteiger partial charge in [-0.1, -0.05) is 20.3 Å². The van der Waals surface area contributed by atoms with E-state index in [-0.39, 0.29) is 17.8 Å². The number of carbonyl (C=O) groups excluding carboxylic acids is 2. The smallest absolute Gasteiger partial charge is 0.307 e. The lowest BCUT2D eigenvalue weighted by atomic mass is 9.84. The van der Waals surface area contributed by atoms with Crippen molar-refractivity contribution < 1.29 is 14.3 Å². The number of carbonyl (C=O) groups is 2. The third-order valence-corrected chi connectivity index (χ3v) is 3.24. The van der Waals surface area contributed by atoms with Crippen molar-refractivity contribution in [3.05, 3.63) is 0 Å². The molecule has 0 atom stereocenters. The second-order valence-corrected chi connectivity index (χ2v) is 5.36. The highest BCUT2D eigenvalue weighted by molar-refractivity contribution is 5.80. The van der Waals surface area contributed by atoms with Crippen LogP contribution in [0.3, 0.4) is 0 Å². The quantitative estimate of drug-likeness (QED) is 0.655. The summed E-state index contributed by atoms with van der Waals surface area (Å²) in [5, 5.41) is 0. The van der Waals surface area contributed by atoms with Crippen molar-refractivity contribution in [1.29, 1.82) is 0 Å². The fourth-order valence-electron chi connectivity index (χ4n) is 2.11. The summed E-state index contributed by atoms with van der Waals surface area (Å²) in [5.41, 5.74) is 0. The minimum atomic E-state index is -0.215. The van der Waals surface area contributed by atoms with Gasteiger partial charge in [0, 0.05) is 19.0 Å². The average Bonchev–Trinajstić information content (AvgIpc) is 2.21. The zero-order chi connectivity index (χ0) is 13.5. The number of hydrogen-bond donors (Lipinski definition) is 0. The van der Waals surface area contributed by atoms with Crippen molar-refractivity contribution >= 4 is 11.9 Å². The van der Waals surface area contributed by atoms with Crippen LogP contribution in [-0.2, 0) is 14.3 Å². The highest BCUT2D eigenvalue weighted by Gasteiger charge is 2.29. The summed E-state index contributed by atoms with van der Waals surface area (Å²) in [6.45, 7) is 7.60. The van der Waals surface area contributed by atoms with E-state index in [2.05, 4.69) is 13.8 Å². The molecule has 0 heterocycles. The Balaban J connectivity index is 2.44. The van der Waals surface area contributed by atoms with Gasteiger partial charge in [0.15, 0.2) is 0 Å². The van der Waals surface area contributed by atoms with Gasteiger partial charge in [0.1, 0.15) is 0 Å². The van der Waals surface area contributed by atoms with Crippen molar-refractivity contribution in [3.8, 4) is 0 Å². The summed E-state index contributed by atoms with van der Waals surface area (Å²) < 4.78 is 4.90. The lowest BCUT2D eigenvalue weighted by molar-refractivity contribution is -0.145. The minimum absolute atomic E-state index is 0.200. The Morgan fingerprint density at radius 2 is 2.00 bits per heavy atom. The second-order valence-electron chi connectivity index (χ2n) is 5.36. The Hall–Kier alpha value is -1.06. The van der Waals surface area contributed by atoms with Crippen molar-refractivity contribution in [2.75, 3.05) is 19.7 Å². The molecule has 18 heavy (non-hydrogen) atoms. The highest BCUT2D eigenvalue weighted by atomic mass is 16.5. The molecule has 104 valence electrons. The fourth-order valence-corrected chi connectivity index (χ4v) is 2.11. The van der Waals surface area contributed by atoms with Crippen LogP contribution in [0, 0.1) is 11.8 Å². The molecule has 0 bridgehead atoms. The SMILES string of the molecule is CCOC(=O)CCN(CC(C)C)C(=O)C1CCC1. The van der Waals surface area contributed by atoms with E-state index in [0.29, 0.717) is 25.5 Å². The van der Waals surface area contributed by atoms with Crippen LogP contribution >= 0.6 is 0 Å². The Morgan fingerprint density at radius 3 is 2.44 bits per heavy atom. The van der Waals surface area contributed by atoms with Gasteiger partial charge in [-0.05, 0) is 25.7 Å². The molecule has 0 saturated heterocycles. The van der Waals surface area contributed by atoms with E-state index in [1.165, 1.54) is 0 Å². The molecule has 1 aliphatic carbocycles. The molecule has 1 rings (SSSR count). The molecule has 4 heteroatoms. The van der Waals surface area contributed by atoms with Crippen LogP contribution in [-0.4, -0.2) is 36.5 Å². The Kier molecular flexibility index (Phi) is 6.16. The average molecular weight is 255 g/mol. The van der Waals surface area contributed by atoms with Crippen LogP contribution in [0.15, 0.2) is 0 Å². The Morgan fingerprint density at radius 1 is 1.33 bits per heavy atom. The monoisotopic (exact) mass is 255 g/mol. The Labute approximate surface area is 110 Å². The van der Waals surface area contributed by atoms with Crippen molar-refractivity contribution in [3.63, 3.8) is 0 Å². The molecule has 0 unspecified atom stereocenters. The minimum Gasteiger partial charge on any atom is -0.466 e. The summed E-state index contributed by atoms with van der Waals surface area (Å²) in [7, 11) is 0. The molecule has 0 aromatic carbocycles. The molecule has 1 aliphatic rings. The van der Waals surface area contributed by atoms with Crippen molar-refractivity contribution in [2.24, 2.45) is 11.8 Å². The van der Waals surface area contributed by atoms with Gasteiger partial charge >= 0.3 is 5.97 Å². The number of esters is 1. The first kappa shape index (κ1) is 15.0. The third-order valence-electron chi connectivity index (χ3n) is 3.24. The number of nitrogens with zero attached hydrogens (tertiary/aromatic N) is 1. The summed E-state index contributed by atoms with van der Waals surface area (Å²) in [5.74, 6) is 0.633. The summed E-state index contributed by atoms with van der Waals surface area (Å²) in [6.07, 6.45) is 3.47. The molecule has 0 aliphatic heterocycles. The van der Waals surface area contributed by atoms with E-state index in [1.54, 1.807) is 6.92 Å². The third kappa shape index (κ3) is 4.67. The molecule has 1 saturated carbocycles. The first-order chi connectivity index (χ1) is 8.54. The lowest BCUT2D eigenvalue weighted by Crippen LogP contribution is -2.42. The first-order valence-corrected chi connectivity index (χ1v) is 6.99. The maximum atomic E-state index is 12.2. The van der Waals surface area contributed by atoms with E-state index in [1.807, 2.05) is 4.90 Å². The molecule has 0 aromatic heterocycles. The van der Waals surface area contributed by atoms with Crippen molar-refractivity contribution in [1.82, 2.24) is 4.90 Å². The maximum Gasteiger partial charge on any atom is 0.307 e. The van der Waals surface area contributed by atoms with Gasteiger partial charge in [-0.25, -0.2) is 0 Å². The molecule has 0 aromatic rings. The molecule has 1 fully saturated rings. The van der Waals surface area contributed by atoms with E-state index in [0.717, 1.165) is 25.8 Å². The van der Waals surface area contributed by atoms with E-state index >= 15 is 0 Å². The van der Waals surface area contributed by atoms with Crippen LogP contribution < -0.4 is 0 Å². The van der Waals surface area contributed by atoms with Crippen LogP contribution in [0.2, 0.25) is 0 Å². The van der Waals surface area contributed by atoms with Gasteiger partial charge in [-0.15, -0.1) is 0 Å². The molecular formula is C14H25NO3. The zero-order valence-corrected chi connectivity index (χ0v) is 11.8. The number of ether oxygens (including phenoxy) is 1. The highest BCUT2D eigenvalue weighted by Crippen LogP contribution is 2.28. The number of hydrogen-bond acceptors (Lipinski definition) is 3. The molecule has 0 spiro atoms. The van der Waals surface area contributed by atoms with Gasteiger partial charge in [0.25, 0.3) is 0 Å². The predicted octanol–water partition coefficient (Wildman–Crippen LogP) is 2.22. The van der Waals surface area contributed by atoms with Gasteiger partial charge < -0.3 is 9.64 Å². The second kappa shape index (κ2) is 7.39. The van der Waals surface area contributed by atoms with E-state index in [9.17, 15) is 9.59 Å². The molecule has 1 amide bonds. The van der Waals surface area contributed by atoms with Crippen molar-refractivity contribution in [2.45, 2.75) is 46.5 Å². The summed E-state index contributed by atoms with van der Waals surface area (Å²) in [6, 6.07) is 0. The normalized spacial score (nSPS) is 15.3. The van der Waals surface area contributed by atoms with E-state index in [4.69, 9.17) is 4.74 Å². The van der Waals surface area contributed by atoms with Crippen LogP contribution in [0.4, 0.5) is 0 Å². The molecule has 4 nitrogen and oxygen atoms in total. The topological polar surface area (TPSA) is 46.6 Å². The van der Waals surface area contributed by atoms with Gasteiger partial charge in [-0.3, -0.25) is 9.59 Å².